The minimum Gasteiger partial charge on any atom is -0.207 e. The Morgan fingerprint density at radius 3 is 2.30 bits per heavy atom. The van der Waals surface area contributed by atoms with Crippen molar-refractivity contribution in [1.82, 2.24) is 0 Å². The van der Waals surface area contributed by atoms with Gasteiger partial charge >= 0.3 is 0 Å². The molecule has 0 aromatic heterocycles. The third-order valence-corrected chi connectivity index (χ3v) is 8.06. The van der Waals surface area contributed by atoms with Crippen molar-refractivity contribution >= 4 is 5.57 Å². The largest absolute Gasteiger partial charge is 0.207 e. The minimum atomic E-state index is -0.669. The van der Waals surface area contributed by atoms with E-state index in [1.54, 1.807) is 25.1 Å². The van der Waals surface area contributed by atoms with Crippen LogP contribution in [-0.4, -0.2) is 0 Å². The molecule has 0 spiro atoms. The van der Waals surface area contributed by atoms with Gasteiger partial charge in [0.15, 0.2) is 11.6 Å². The highest BCUT2D eigenvalue weighted by Gasteiger charge is 2.24. The fourth-order valence-corrected chi connectivity index (χ4v) is 5.84. The number of hydrogen-bond acceptors (Lipinski definition) is 0. The Bertz CT molecular complexity index is 982. The van der Waals surface area contributed by atoms with E-state index in [0.717, 1.165) is 62.5 Å². The second kappa shape index (κ2) is 10.9. The first-order valence-corrected chi connectivity index (χ1v) is 12.9. The zero-order valence-corrected chi connectivity index (χ0v) is 20.1. The summed E-state index contributed by atoms with van der Waals surface area (Å²) in [4.78, 5) is 0. The van der Waals surface area contributed by atoms with Crippen molar-refractivity contribution in [1.29, 1.82) is 0 Å². The molecule has 1 saturated carbocycles. The summed E-state index contributed by atoms with van der Waals surface area (Å²) in [5.41, 5.74) is 3.71. The molecule has 0 radical (unpaired) electrons. The van der Waals surface area contributed by atoms with Crippen molar-refractivity contribution in [3.8, 4) is 0 Å². The fraction of sp³-hybridized carbons (Fsp3) is 0.533. The van der Waals surface area contributed by atoms with Gasteiger partial charge in [-0.2, -0.15) is 0 Å². The van der Waals surface area contributed by atoms with Crippen LogP contribution in [0.25, 0.3) is 5.57 Å². The minimum absolute atomic E-state index is 0.125. The Labute approximate surface area is 197 Å². The van der Waals surface area contributed by atoms with E-state index in [9.17, 15) is 13.2 Å². The van der Waals surface area contributed by atoms with Crippen LogP contribution in [0.1, 0.15) is 99.3 Å². The zero-order valence-electron chi connectivity index (χ0n) is 20.1. The molecule has 1 unspecified atom stereocenters. The maximum absolute atomic E-state index is 14.9. The molecule has 2 aliphatic carbocycles. The van der Waals surface area contributed by atoms with Crippen molar-refractivity contribution < 1.29 is 13.2 Å². The van der Waals surface area contributed by atoms with Crippen LogP contribution in [0.5, 0.6) is 0 Å². The molecule has 0 bridgehead atoms. The number of rotatable bonds is 7. The van der Waals surface area contributed by atoms with Gasteiger partial charge in [-0.3, -0.25) is 0 Å². The third kappa shape index (κ3) is 5.73. The Hall–Kier alpha value is -2.03. The van der Waals surface area contributed by atoms with E-state index < -0.39 is 11.6 Å². The molecule has 0 amide bonds. The molecular weight excluding hydrogens is 417 g/mol. The molecule has 33 heavy (non-hydrogen) atoms. The number of allylic oxidation sites excluding steroid dienone is 2. The van der Waals surface area contributed by atoms with E-state index >= 15 is 0 Å². The molecule has 178 valence electrons. The molecule has 4 rings (SSSR count). The quantitative estimate of drug-likeness (QED) is 0.391. The molecule has 0 aliphatic heterocycles. The van der Waals surface area contributed by atoms with Gasteiger partial charge in [0.1, 0.15) is 5.82 Å². The van der Waals surface area contributed by atoms with E-state index in [1.807, 2.05) is 6.07 Å². The summed E-state index contributed by atoms with van der Waals surface area (Å²) in [6.07, 6.45) is 13.1. The molecule has 2 aromatic carbocycles. The van der Waals surface area contributed by atoms with Gasteiger partial charge < -0.3 is 0 Å². The lowest BCUT2D eigenvalue weighted by Gasteiger charge is -2.29. The van der Waals surface area contributed by atoms with Crippen molar-refractivity contribution in [2.24, 2.45) is 11.8 Å². The van der Waals surface area contributed by atoms with E-state index in [1.165, 1.54) is 12.8 Å². The summed E-state index contributed by atoms with van der Waals surface area (Å²) in [5, 5.41) is 0. The number of benzene rings is 2. The van der Waals surface area contributed by atoms with Crippen LogP contribution in [0.2, 0.25) is 0 Å². The Morgan fingerprint density at radius 1 is 0.848 bits per heavy atom. The zero-order chi connectivity index (χ0) is 23.4. The predicted molar refractivity (Wildman–Crippen MR) is 131 cm³/mol. The van der Waals surface area contributed by atoms with Crippen LogP contribution >= 0.6 is 0 Å². The van der Waals surface area contributed by atoms with Gasteiger partial charge in [-0.1, -0.05) is 50.1 Å². The molecular formula is C30H37F3. The first-order valence-electron chi connectivity index (χ1n) is 12.9. The fourth-order valence-electron chi connectivity index (χ4n) is 5.84. The number of aryl methyl sites for hydroxylation is 2. The first-order chi connectivity index (χ1) is 16.0. The normalized spacial score (nSPS) is 23.4. The number of halogens is 3. The Balaban J connectivity index is 1.32. The summed E-state index contributed by atoms with van der Waals surface area (Å²) in [5.74, 6) is 0.165. The molecule has 0 N–H and O–H groups in total. The van der Waals surface area contributed by atoms with Gasteiger partial charge in [0.05, 0.1) is 0 Å². The van der Waals surface area contributed by atoms with E-state index in [2.05, 4.69) is 19.1 Å². The van der Waals surface area contributed by atoms with Crippen molar-refractivity contribution in [2.75, 3.05) is 0 Å². The maximum atomic E-state index is 14.9. The lowest BCUT2D eigenvalue weighted by molar-refractivity contribution is 0.308. The summed E-state index contributed by atoms with van der Waals surface area (Å²) < 4.78 is 43.7. The molecule has 0 nitrogen and oxygen atoms in total. The smallest absolute Gasteiger partial charge is 0.166 e. The highest BCUT2D eigenvalue weighted by molar-refractivity contribution is 5.67. The molecule has 0 heterocycles. The van der Waals surface area contributed by atoms with E-state index in [-0.39, 0.29) is 5.82 Å². The standard InChI is InChI=1S/C30H37F3/c1-3-4-21-8-14-24(15-9-21)27-18-17-25(29(32)30(27)33)16-10-22-6-12-23(13-7-22)26-11-5-20(2)28(31)19-26/h5,11,14,17-19,21-23H,3-4,6-10,12-13,15-16H2,1-2H3. The molecule has 2 aromatic rings. The average molecular weight is 455 g/mol. The number of hydrogen-bond donors (Lipinski definition) is 0. The second-order valence-corrected chi connectivity index (χ2v) is 10.3. The molecule has 2 aliphatic rings. The molecule has 3 heteroatoms. The van der Waals surface area contributed by atoms with Gasteiger partial charge in [0, 0.05) is 5.56 Å². The Morgan fingerprint density at radius 2 is 1.64 bits per heavy atom. The van der Waals surface area contributed by atoms with Crippen LogP contribution < -0.4 is 0 Å². The predicted octanol–water partition coefficient (Wildman–Crippen LogP) is 9.30. The van der Waals surface area contributed by atoms with Crippen LogP contribution in [0.4, 0.5) is 13.2 Å². The second-order valence-electron chi connectivity index (χ2n) is 10.3. The van der Waals surface area contributed by atoms with Crippen molar-refractivity contribution in [3.05, 3.63) is 76.1 Å². The molecule has 1 atom stereocenters. The van der Waals surface area contributed by atoms with Crippen LogP contribution in [-0.2, 0) is 6.42 Å². The van der Waals surface area contributed by atoms with Crippen LogP contribution in [0.3, 0.4) is 0 Å². The molecule has 1 fully saturated rings. The van der Waals surface area contributed by atoms with Gasteiger partial charge in [0.25, 0.3) is 0 Å². The summed E-state index contributed by atoms with van der Waals surface area (Å²) in [6, 6.07) is 9.20. The lowest BCUT2D eigenvalue weighted by Crippen LogP contribution is -2.14. The summed E-state index contributed by atoms with van der Waals surface area (Å²) >= 11 is 0. The van der Waals surface area contributed by atoms with Crippen LogP contribution in [0.15, 0.2) is 36.4 Å². The Kier molecular flexibility index (Phi) is 7.98. The van der Waals surface area contributed by atoms with Gasteiger partial charge in [-0.05, 0) is 111 Å². The SMILES string of the molecule is CCCC1CC=C(c2ccc(CCC3CCC(c4ccc(C)c(F)c4)CC3)c(F)c2F)CC1. The van der Waals surface area contributed by atoms with Crippen molar-refractivity contribution in [3.63, 3.8) is 0 Å². The van der Waals surface area contributed by atoms with Gasteiger partial charge in [-0.15, -0.1) is 0 Å². The highest BCUT2D eigenvalue weighted by atomic mass is 19.2. The van der Waals surface area contributed by atoms with E-state index in [4.69, 9.17) is 0 Å². The topological polar surface area (TPSA) is 0 Å². The summed E-state index contributed by atoms with van der Waals surface area (Å²) in [6.45, 7) is 3.99. The maximum Gasteiger partial charge on any atom is 0.166 e. The monoisotopic (exact) mass is 454 g/mol. The lowest BCUT2D eigenvalue weighted by atomic mass is 9.76. The highest BCUT2D eigenvalue weighted by Crippen LogP contribution is 2.39. The first kappa shape index (κ1) is 24.1. The average Bonchev–Trinajstić information content (AvgIpc) is 2.83. The van der Waals surface area contributed by atoms with Crippen LogP contribution in [0, 0.1) is 36.2 Å². The van der Waals surface area contributed by atoms with Crippen molar-refractivity contribution in [2.45, 2.75) is 90.4 Å². The van der Waals surface area contributed by atoms with E-state index in [0.29, 0.717) is 40.9 Å². The molecule has 0 saturated heterocycles. The third-order valence-electron chi connectivity index (χ3n) is 8.06. The summed E-state index contributed by atoms with van der Waals surface area (Å²) in [7, 11) is 0. The van der Waals surface area contributed by atoms with Gasteiger partial charge in [0.2, 0.25) is 0 Å². The van der Waals surface area contributed by atoms with Gasteiger partial charge in [-0.25, -0.2) is 13.2 Å².